The van der Waals surface area contributed by atoms with Crippen LogP contribution in [0.15, 0.2) is 6.07 Å². The normalized spacial score (nSPS) is 22.9. The standard InChI is InChI=1S/C13H20N2O3S/c1-13(2,3)18-12(16)8-4-7-5-10(15)19-11(7)9(6-14)17-8/h5,8-9H,4,6,14-15H2,1-3H3. The number of rotatable bonds is 2. The highest BCUT2D eigenvalue weighted by atomic mass is 32.1. The van der Waals surface area contributed by atoms with E-state index >= 15 is 0 Å². The Hall–Kier alpha value is -1.11. The first-order valence-electron chi connectivity index (χ1n) is 6.26. The van der Waals surface area contributed by atoms with Crippen molar-refractivity contribution in [3.8, 4) is 0 Å². The molecule has 2 heterocycles. The number of nitrogen functional groups attached to an aromatic ring is 1. The van der Waals surface area contributed by atoms with Crippen molar-refractivity contribution in [3.05, 3.63) is 16.5 Å². The minimum atomic E-state index is -0.603. The zero-order valence-electron chi connectivity index (χ0n) is 11.4. The molecule has 0 spiro atoms. The maximum atomic E-state index is 12.1. The van der Waals surface area contributed by atoms with E-state index in [9.17, 15) is 4.79 Å². The molecule has 0 aromatic carbocycles. The fourth-order valence-corrected chi connectivity index (χ4v) is 3.09. The van der Waals surface area contributed by atoms with E-state index in [2.05, 4.69) is 0 Å². The quantitative estimate of drug-likeness (QED) is 0.806. The lowest BCUT2D eigenvalue weighted by Crippen LogP contribution is -2.39. The van der Waals surface area contributed by atoms with E-state index < -0.39 is 11.7 Å². The van der Waals surface area contributed by atoms with Gasteiger partial charge in [0.1, 0.15) is 11.7 Å². The molecule has 6 heteroatoms. The average Bonchev–Trinajstić information content (AvgIpc) is 2.65. The van der Waals surface area contributed by atoms with Crippen molar-refractivity contribution in [1.29, 1.82) is 0 Å². The summed E-state index contributed by atoms with van der Waals surface area (Å²) in [6.45, 7) is 5.83. The zero-order valence-corrected chi connectivity index (χ0v) is 12.3. The van der Waals surface area contributed by atoms with Gasteiger partial charge in [-0.15, -0.1) is 11.3 Å². The number of anilines is 1. The van der Waals surface area contributed by atoms with Crippen LogP contribution in [0.4, 0.5) is 5.00 Å². The van der Waals surface area contributed by atoms with E-state index in [1.54, 1.807) is 0 Å². The van der Waals surface area contributed by atoms with Gasteiger partial charge < -0.3 is 20.9 Å². The molecule has 5 nitrogen and oxygen atoms in total. The van der Waals surface area contributed by atoms with Crippen molar-refractivity contribution < 1.29 is 14.3 Å². The van der Waals surface area contributed by atoms with Crippen molar-refractivity contribution >= 4 is 22.3 Å². The minimum Gasteiger partial charge on any atom is -0.458 e. The van der Waals surface area contributed by atoms with Gasteiger partial charge in [-0.3, -0.25) is 0 Å². The monoisotopic (exact) mass is 284 g/mol. The first-order chi connectivity index (χ1) is 8.80. The second kappa shape index (κ2) is 5.11. The lowest BCUT2D eigenvalue weighted by molar-refractivity contribution is -0.173. The number of esters is 1. The summed E-state index contributed by atoms with van der Waals surface area (Å²) in [5, 5.41) is 0.719. The third-order valence-electron chi connectivity index (χ3n) is 2.77. The molecule has 2 atom stereocenters. The topological polar surface area (TPSA) is 87.6 Å². The van der Waals surface area contributed by atoms with Gasteiger partial charge in [0.25, 0.3) is 0 Å². The molecule has 0 saturated heterocycles. The number of ether oxygens (including phenoxy) is 2. The first-order valence-corrected chi connectivity index (χ1v) is 7.08. The molecule has 2 unspecified atom stereocenters. The number of thiophene rings is 1. The molecular weight excluding hydrogens is 264 g/mol. The summed E-state index contributed by atoms with van der Waals surface area (Å²) >= 11 is 1.47. The van der Waals surface area contributed by atoms with Crippen molar-refractivity contribution in [1.82, 2.24) is 0 Å². The zero-order chi connectivity index (χ0) is 14.2. The van der Waals surface area contributed by atoms with Crippen LogP contribution in [0, 0.1) is 0 Å². The Labute approximate surface area is 116 Å². The van der Waals surface area contributed by atoms with Gasteiger partial charge in [0.15, 0.2) is 6.10 Å². The van der Waals surface area contributed by atoms with Crippen molar-refractivity contribution in [3.63, 3.8) is 0 Å². The highest BCUT2D eigenvalue weighted by molar-refractivity contribution is 7.16. The van der Waals surface area contributed by atoms with Crippen LogP contribution >= 0.6 is 11.3 Å². The Morgan fingerprint density at radius 2 is 2.26 bits per heavy atom. The molecule has 1 aromatic rings. The molecule has 106 valence electrons. The fraction of sp³-hybridized carbons (Fsp3) is 0.615. The van der Waals surface area contributed by atoms with E-state index in [1.165, 1.54) is 11.3 Å². The molecule has 0 bridgehead atoms. The largest absolute Gasteiger partial charge is 0.458 e. The summed E-state index contributed by atoms with van der Waals surface area (Å²) in [6, 6.07) is 1.89. The summed E-state index contributed by atoms with van der Waals surface area (Å²) in [4.78, 5) is 13.1. The van der Waals surface area contributed by atoms with Gasteiger partial charge in [0.05, 0.1) is 5.00 Å². The molecule has 1 aliphatic rings. The molecule has 1 aliphatic heterocycles. The predicted octanol–water partition coefficient (Wildman–Crippen LogP) is 1.61. The number of nitrogens with two attached hydrogens (primary N) is 2. The van der Waals surface area contributed by atoms with Gasteiger partial charge in [0, 0.05) is 17.8 Å². The summed E-state index contributed by atoms with van der Waals surface area (Å²) in [5.74, 6) is -0.346. The van der Waals surface area contributed by atoms with Crippen LogP contribution in [0.3, 0.4) is 0 Å². The molecule has 0 saturated carbocycles. The van der Waals surface area contributed by atoms with Crippen molar-refractivity contribution in [2.75, 3.05) is 12.3 Å². The van der Waals surface area contributed by atoms with Crippen LogP contribution in [0.5, 0.6) is 0 Å². The highest BCUT2D eigenvalue weighted by Crippen LogP contribution is 2.37. The van der Waals surface area contributed by atoms with Gasteiger partial charge in [-0.05, 0) is 32.4 Å². The van der Waals surface area contributed by atoms with E-state index in [-0.39, 0.29) is 12.1 Å². The highest BCUT2D eigenvalue weighted by Gasteiger charge is 2.35. The molecule has 0 aliphatic carbocycles. The second-order valence-corrected chi connectivity index (χ2v) is 6.74. The van der Waals surface area contributed by atoms with Crippen LogP contribution in [-0.2, 0) is 20.7 Å². The molecule has 0 amide bonds. The lowest BCUT2D eigenvalue weighted by Gasteiger charge is -2.30. The predicted molar refractivity (Wildman–Crippen MR) is 74.9 cm³/mol. The Bertz CT molecular complexity index is 479. The molecule has 4 N–H and O–H groups in total. The Balaban J connectivity index is 2.17. The van der Waals surface area contributed by atoms with Crippen LogP contribution in [-0.4, -0.2) is 24.2 Å². The Morgan fingerprint density at radius 3 is 2.84 bits per heavy atom. The average molecular weight is 284 g/mol. The molecular formula is C13H20N2O3S. The van der Waals surface area contributed by atoms with Gasteiger partial charge in [-0.1, -0.05) is 0 Å². The third kappa shape index (κ3) is 3.26. The summed E-state index contributed by atoms with van der Waals surface area (Å²) in [7, 11) is 0. The summed E-state index contributed by atoms with van der Waals surface area (Å²) in [6.07, 6.45) is -0.383. The summed E-state index contributed by atoms with van der Waals surface area (Å²) < 4.78 is 11.1. The van der Waals surface area contributed by atoms with Crippen LogP contribution in [0.2, 0.25) is 0 Å². The molecule has 1 aromatic heterocycles. The van der Waals surface area contributed by atoms with Gasteiger partial charge in [-0.2, -0.15) is 0 Å². The van der Waals surface area contributed by atoms with Crippen LogP contribution in [0.1, 0.15) is 37.3 Å². The SMILES string of the molecule is CC(C)(C)OC(=O)C1Cc2cc(N)sc2C(CN)O1. The number of hydrogen-bond acceptors (Lipinski definition) is 6. The van der Waals surface area contributed by atoms with E-state index in [1.807, 2.05) is 26.8 Å². The van der Waals surface area contributed by atoms with Gasteiger partial charge in [0.2, 0.25) is 0 Å². The smallest absolute Gasteiger partial charge is 0.336 e. The Morgan fingerprint density at radius 1 is 1.58 bits per heavy atom. The fourth-order valence-electron chi connectivity index (χ4n) is 2.07. The number of fused-ring (bicyclic) bond motifs is 1. The first kappa shape index (κ1) is 14.3. The summed E-state index contributed by atoms with van der Waals surface area (Å²) in [5.41, 5.74) is 12.0. The third-order valence-corrected chi connectivity index (χ3v) is 3.87. The molecule has 0 fully saturated rings. The number of carbonyl (C=O) groups is 1. The molecule has 0 radical (unpaired) electrons. The van der Waals surface area contributed by atoms with Crippen molar-refractivity contribution in [2.24, 2.45) is 5.73 Å². The maximum Gasteiger partial charge on any atom is 0.336 e. The second-order valence-electron chi connectivity index (χ2n) is 5.62. The molecule has 19 heavy (non-hydrogen) atoms. The minimum absolute atomic E-state index is 0.274. The van der Waals surface area contributed by atoms with Gasteiger partial charge in [-0.25, -0.2) is 4.79 Å². The van der Waals surface area contributed by atoms with E-state index in [0.717, 1.165) is 15.4 Å². The van der Waals surface area contributed by atoms with E-state index in [4.69, 9.17) is 20.9 Å². The maximum absolute atomic E-state index is 12.1. The lowest BCUT2D eigenvalue weighted by atomic mass is 10.0. The van der Waals surface area contributed by atoms with Crippen LogP contribution in [0.25, 0.3) is 0 Å². The van der Waals surface area contributed by atoms with Crippen LogP contribution < -0.4 is 11.5 Å². The Kier molecular flexibility index (Phi) is 3.85. The van der Waals surface area contributed by atoms with Gasteiger partial charge >= 0.3 is 5.97 Å². The number of carbonyl (C=O) groups excluding carboxylic acids is 1. The number of hydrogen-bond donors (Lipinski definition) is 2. The van der Waals surface area contributed by atoms with E-state index in [0.29, 0.717) is 13.0 Å². The molecule has 2 rings (SSSR count). The van der Waals surface area contributed by atoms with Crippen molar-refractivity contribution in [2.45, 2.75) is 45.0 Å².